The van der Waals surface area contributed by atoms with Crippen LogP contribution < -0.4 is 5.32 Å². The van der Waals surface area contributed by atoms with E-state index >= 15 is 0 Å². The first-order valence-electron chi connectivity index (χ1n) is 4.87. The van der Waals surface area contributed by atoms with E-state index in [9.17, 15) is 4.79 Å². The molecule has 14 heavy (non-hydrogen) atoms. The quantitative estimate of drug-likeness (QED) is 0.804. The van der Waals surface area contributed by atoms with Gasteiger partial charge in [0.15, 0.2) is 5.82 Å². The van der Waals surface area contributed by atoms with E-state index in [4.69, 9.17) is 4.52 Å². The van der Waals surface area contributed by atoms with Gasteiger partial charge < -0.3 is 9.84 Å². The average Bonchev–Trinajstić information content (AvgIpc) is 2.51. The Hall–Kier alpha value is -1.32. The summed E-state index contributed by atoms with van der Waals surface area (Å²) in [6.07, 6.45) is 1.90. The van der Waals surface area contributed by atoms with Gasteiger partial charge >= 0.3 is 0 Å². The predicted molar refractivity (Wildman–Crippen MR) is 53.9 cm³/mol. The van der Waals surface area contributed by atoms with Gasteiger partial charge in [-0.25, -0.2) is 0 Å². The number of aromatic nitrogens is 1. The number of carbonyl (C=O) groups excluding carboxylic acids is 1. The molecule has 1 rings (SSSR count). The molecule has 1 amide bonds. The van der Waals surface area contributed by atoms with Crippen molar-refractivity contribution in [3.05, 3.63) is 11.8 Å². The fourth-order valence-electron chi connectivity index (χ4n) is 1.24. The van der Waals surface area contributed by atoms with E-state index < -0.39 is 0 Å². The predicted octanol–water partition coefficient (Wildman–Crippen LogP) is 2.36. The number of rotatable bonds is 4. The Labute approximate surface area is 83.7 Å². The van der Waals surface area contributed by atoms with E-state index in [0.717, 1.165) is 12.8 Å². The van der Waals surface area contributed by atoms with Gasteiger partial charge in [-0.1, -0.05) is 25.4 Å². The second-order valence-corrected chi connectivity index (χ2v) is 3.50. The monoisotopic (exact) mass is 196 g/mol. The minimum absolute atomic E-state index is 0.000139. The first-order chi connectivity index (χ1) is 6.63. The van der Waals surface area contributed by atoms with Gasteiger partial charge in [0.1, 0.15) is 5.76 Å². The van der Waals surface area contributed by atoms with Crippen LogP contribution in [0, 0.1) is 12.8 Å². The normalized spacial score (nSPS) is 12.5. The highest BCUT2D eigenvalue weighted by atomic mass is 16.5. The van der Waals surface area contributed by atoms with Crippen molar-refractivity contribution in [2.75, 3.05) is 5.32 Å². The summed E-state index contributed by atoms with van der Waals surface area (Å²) in [6, 6.07) is 1.70. The molecule has 4 nitrogen and oxygen atoms in total. The Morgan fingerprint density at radius 2 is 2.43 bits per heavy atom. The lowest BCUT2D eigenvalue weighted by atomic mass is 10.1. The zero-order valence-electron chi connectivity index (χ0n) is 8.83. The molecule has 0 saturated heterocycles. The molecule has 0 aromatic carbocycles. The van der Waals surface area contributed by atoms with E-state index in [1.54, 1.807) is 13.0 Å². The summed E-state index contributed by atoms with van der Waals surface area (Å²) in [6.45, 7) is 5.76. The van der Waals surface area contributed by atoms with E-state index in [1.165, 1.54) is 0 Å². The fourth-order valence-corrected chi connectivity index (χ4v) is 1.24. The Morgan fingerprint density at radius 3 is 2.93 bits per heavy atom. The molecular weight excluding hydrogens is 180 g/mol. The van der Waals surface area contributed by atoms with Gasteiger partial charge in [-0.2, -0.15) is 0 Å². The molecule has 1 aromatic heterocycles. The maximum atomic E-state index is 11.5. The van der Waals surface area contributed by atoms with Gasteiger partial charge in [0.25, 0.3) is 0 Å². The van der Waals surface area contributed by atoms with Crippen LogP contribution >= 0.6 is 0 Å². The van der Waals surface area contributed by atoms with Crippen molar-refractivity contribution in [2.24, 2.45) is 5.92 Å². The zero-order chi connectivity index (χ0) is 10.6. The third-order valence-corrected chi connectivity index (χ3v) is 2.05. The highest BCUT2D eigenvalue weighted by molar-refractivity contribution is 5.91. The molecule has 0 spiro atoms. The van der Waals surface area contributed by atoms with Crippen LogP contribution in [0.3, 0.4) is 0 Å². The van der Waals surface area contributed by atoms with Gasteiger partial charge in [-0.05, 0) is 13.3 Å². The van der Waals surface area contributed by atoms with Gasteiger partial charge in [-0.15, -0.1) is 0 Å². The lowest BCUT2D eigenvalue weighted by Crippen LogP contribution is -2.20. The molecule has 0 radical (unpaired) electrons. The highest BCUT2D eigenvalue weighted by Crippen LogP contribution is 2.11. The lowest BCUT2D eigenvalue weighted by molar-refractivity contribution is -0.119. The molecule has 1 atom stereocenters. The number of amides is 1. The number of aryl methyl sites for hydroxylation is 1. The van der Waals surface area contributed by atoms with E-state index in [2.05, 4.69) is 17.4 Å². The van der Waals surface area contributed by atoms with Crippen molar-refractivity contribution in [1.82, 2.24) is 5.16 Å². The minimum atomic E-state index is 0.000139. The van der Waals surface area contributed by atoms with Gasteiger partial charge in [0.05, 0.1) is 0 Å². The standard InChI is InChI=1S/C10H16N2O2/c1-4-5-7(2)10(13)11-9-6-8(3)14-12-9/h6-7H,4-5H2,1-3H3,(H,11,12,13)/t7-/m0/s1. The van der Waals surface area contributed by atoms with Crippen LogP contribution in [0.4, 0.5) is 5.82 Å². The summed E-state index contributed by atoms with van der Waals surface area (Å²) in [4.78, 5) is 11.5. The largest absolute Gasteiger partial charge is 0.360 e. The molecule has 0 aliphatic carbocycles. The van der Waals surface area contributed by atoms with Crippen LogP contribution in [0.15, 0.2) is 10.6 Å². The summed E-state index contributed by atoms with van der Waals surface area (Å²) in [5.41, 5.74) is 0. The van der Waals surface area contributed by atoms with Gasteiger partial charge in [0.2, 0.25) is 5.91 Å². The van der Waals surface area contributed by atoms with Crippen LogP contribution in [-0.2, 0) is 4.79 Å². The number of nitrogens with zero attached hydrogens (tertiary/aromatic N) is 1. The van der Waals surface area contributed by atoms with Crippen LogP contribution in [0.1, 0.15) is 32.4 Å². The van der Waals surface area contributed by atoms with Crippen LogP contribution in [0.25, 0.3) is 0 Å². The Balaban J connectivity index is 2.48. The summed E-state index contributed by atoms with van der Waals surface area (Å²) in [7, 11) is 0. The number of hydrogen-bond acceptors (Lipinski definition) is 3. The van der Waals surface area contributed by atoms with Gasteiger partial charge in [0, 0.05) is 12.0 Å². The van der Waals surface area contributed by atoms with Crippen LogP contribution in [0.5, 0.6) is 0 Å². The van der Waals surface area contributed by atoms with Crippen molar-refractivity contribution in [2.45, 2.75) is 33.6 Å². The van der Waals surface area contributed by atoms with Crippen molar-refractivity contribution in [3.8, 4) is 0 Å². The van der Waals surface area contributed by atoms with Crippen molar-refractivity contribution in [3.63, 3.8) is 0 Å². The Morgan fingerprint density at radius 1 is 1.71 bits per heavy atom. The molecule has 0 bridgehead atoms. The molecule has 0 saturated carbocycles. The van der Waals surface area contributed by atoms with Crippen molar-refractivity contribution in [1.29, 1.82) is 0 Å². The highest BCUT2D eigenvalue weighted by Gasteiger charge is 2.13. The van der Waals surface area contributed by atoms with Crippen molar-refractivity contribution >= 4 is 11.7 Å². The molecule has 1 N–H and O–H groups in total. The third kappa shape index (κ3) is 2.87. The topological polar surface area (TPSA) is 55.1 Å². The first kappa shape index (κ1) is 10.8. The van der Waals surface area contributed by atoms with Crippen molar-refractivity contribution < 1.29 is 9.32 Å². The zero-order valence-corrected chi connectivity index (χ0v) is 8.83. The third-order valence-electron chi connectivity index (χ3n) is 2.05. The van der Waals surface area contributed by atoms with E-state index in [0.29, 0.717) is 11.6 Å². The molecule has 1 aromatic rings. The fraction of sp³-hybridized carbons (Fsp3) is 0.600. The van der Waals surface area contributed by atoms with Gasteiger partial charge in [-0.3, -0.25) is 4.79 Å². The van der Waals surface area contributed by atoms with E-state index in [1.807, 2.05) is 6.92 Å². The average molecular weight is 196 g/mol. The molecule has 0 aliphatic rings. The number of hydrogen-bond donors (Lipinski definition) is 1. The summed E-state index contributed by atoms with van der Waals surface area (Å²) >= 11 is 0. The SMILES string of the molecule is CCC[C@H](C)C(=O)Nc1cc(C)on1. The smallest absolute Gasteiger partial charge is 0.228 e. The Bertz CT molecular complexity index is 307. The molecule has 0 unspecified atom stereocenters. The minimum Gasteiger partial charge on any atom is -0.360 e. The van der Waals surface area contributed by atoms with E-state index in [-0.39, 0.29) is 11.8 Å². The maximum Gasteiger partial charge on any atom is 0.228 e. The molecule has 0 fully saturated rings. The molecule has 1 heterocycles. The number of nitrogens with one attached hydrogen (secondary N) is 1. The number of anilines is 1. The lowest BCUT2D eigenvalue weighted by Gasteiger charge is -2.07. The van der Waals surface area contributed by atoms with Crippen LogP contribution in [-0.4, -0.2) is 11.1 Å². The summed E-state index contributed by atoms with van der Waals surface area (Å²) in [5, 5.41) is 6.39. The second-order valence-electron chi connectivity index (χ2n) is 3.50. The molecular formula is C10H16N2O2. The molecule has 4 heteroatoms. The molecule has 78 valence electrons. The first-order valence-corrected chi connectivity index (χ1v) is 4.87. The Kier molecular flexibility index (Phi) is 3.68. The summed E-state index contributed by atoms with van der Waals surface area (Å²) < 4.78 is 4.84. The maximum absolute atomic E-state index is 11.5. The van der Waals surface area contributed by atoms with Crippen LogP contribution in [0.2, 0.25) is 0 Å². The number of carbonyl (C=O) groups is 1. The molecule has 0 aliphatic heterocycles. The second kappa shape index (κ2) is 4.79. The summed E-state index contributed by atoms with van der Waals surface area (Å²) in [5.74, 6) is 1.22.